The molecule has 1 aliphatic carbocycles. The van der Waals surface area contributed by atoms with Gasteiger partial charge in [0.2, 0.25) is 0 Å². The number of hydrogen-bond acceptors (Lipinski definition) is 4. The molecular formula is C14H16N2OS. The Morgan fingerprint density at radius 3 is 3.17 bits per heavy atom. The number of benzene rings is 1. The van der Waals surface area contributed by atoms with Gasteiger partial charge in [0.15, 0.2) is 0 Å². The van der Waals surface area contributed by atoms with E-state index in [4.69, 9.17) is 0 Å². The van der Waals surface area contributed by atoms with Crippen LogP contribution in [0.4, 0.5) is 0 Å². The molecule has 2 aromatic rings. The van der Waals surface area contributed by atoms with Crippen molar-refractivity contribution in [1.82, 2.24) is 10.3 Å². The van der Waals surface area contributed by atoms with E-state index in [-0.39, 0.29) is 0 Å². The molecule has 1 aromatic heterocycles. The van der Waals surface area contributed by atoms with Crippen molar-refractivity contribution in [2.75, 3.05) is 0 Å². The van der Waals surface area contributed by atoms with Crippen molar-refractivity contribution in [3.63, 3.8) is 0 Å². The van der Waals surface area contributed by atoms with Crippen LogP contribution in [0.3, 0.4) is 0 Å². The summed E-state index contributed by atoms with van der Waals surface area (Å²) >= 11 is 1.73. The number of thiazole rings is 1. The Morgan fingerprint density at radius 2 is 2.39 bits per heavy atom. The molecular weight excluding hydrogens is 244 g/mol. The van der Waals surface area contributed by atoms with Crippen molar-refractivity contribution in [2.45, 2.75) is 32.4 Å². The standard InChI is InChI=1S/C14H16N2OS/c1-9-15-7-10(18-9)8-16-13-6-5-12-11(13)3-2-4-14(12)17/h2-4,7,13,16-17H,5-6,8H2,1H3. The molecule has 1 aromatic carbocycles. The monoisotopic (exact) mass is 260 g/mol. The molecule has 0 saturated carbocycles. The summed E-state index contributed by atoms with van der Waals surface area (Å²) in [6.07, 6.45) is 3.96. The van der Waals surface area contributed by atoms with Gasteiger partial charge in [0.1, 0.15) is 5.75 Å². The van der Waals surface area contributed by atoms with Crippen LogP contribution in [0.25, 0.3) is 0 Å². The second kappa shape index (κ2) is 4.71. The molecule has 2 N–H and O–H groups in total. The molecule has 0 radical (unpaired) electrons. The van der Waals surface area contributed by atoms with Gasteiger partial charge in [-0.05, 0) is 37.0 Å². The first-order valence-corrected chi connectivity index (χ1v) is 7.01. The summed E-state index contributed by atoms with van der Waals surface area (Å²) in [6.45, 7) is 2.88. The molecule has 1 heterocycles. The Balaban J connectivity index is 1.71. The summed E-state index contributed by atoms with van der Waals surface area (Å²) in [7, 11) is 0. The van der Waals surface area contributed by atoms with Crippen LogP contribution >= 0.6 is 11.3 Å². The second-order valence-electron chi connectivity index (χ2n) is 4.66. The van der Waals surface area contributed by atoms with Gasteiger partial charge < -0.3 is 10.4 Å². The molecule has 1 aliphatic rings. The third-order valence-corrected chi connectivity index (χ3v) is 4.35. The van der Waals surface area contributed by atoms with E-state index in [9.17, 15) is 5.11 Å². The van der Waals surface area contributed by atoms with E-state index >= 15 is 0 Å². The van der Waals surface area contributed by atoms with Gasteiger partial charge >= 0.3 is 0 Å². The minimum absolute atomic E-state index is 0.356. The fourth-order valence-corrected chi connectivity index (χ4v) is 3.30. The predicted octanol–water partition coefficient (Wildman–Crippen LogP) is 2.93. The van der Waals surface area contributed by atoms with Gasteiger partial charge in [0.25, 0.3) is 0 Å². The van der Waals surface area contributed by atoms with E-state index < -0.39 is 0 Å². The molecule has 4 heteroatoms. The van der Waals surface area contributed by atoms with Crippen molar-refractivity contribution in [3.05, 3.63) is 45.4 Å². The number of hydrogen-bond donors (Lipinski definition) is 2. The number of nitrogens with one attached hydrogen (secondary N) is 1. The van der Waals surface area contributed by atoms with Crippen LogP contribution in [-0.4, -0.2) is 10.1 Å². The van der Waals surface area contributed by atoms with Crippen molar-refractivity contribution in [3.8, 4) is 5.75 Å². The lowest BCUT2D eigenvalue weighted by atomic mass is 10.1. The Labute approximate surface area is 111 Å². The summed E-state index contributed by atoms with van der Waals surface area (Å²) < 4.78 is 0. The van der Waals surface area contributed by atoms with Gasteiger partial charge in [0.05, 0.1) is 5.01 Å². The predicted molar refractivity (Wildman–Crippen MR) is 72.9 cm³/mol. The minimum Gasteiger partial charge on any atom is -0.508 e. The van der Waals surface area contributed by atoms with E-state index in [1.54, 1.807) is 17.4 Å². The normalized spacial score (nSPS) is 17.9. The largest absolute Gasteiger partial charge is 0.508 e. The Morgan fingerprint density at radius 1 is 1.50 bits per heavy atom. The summed E-state index contributed by atoms with van der Waals surface area (Å²) in [6, 6.07) is 6.16. The number of fused-ring (bicyclic) bond motifs is 1. The molecule has 0 spiro atoms. The first-order valence-electron chi connectivity index (χ1n) is 6.19. The molecule has 1 atom stereocenters. The third-order valence-electron chi connectivity index (χ3n) is 3.44. The van der Waals surface area contributed by atoms with Crippen molar-refractivity contribution in [1.29, 1.82) is 0 Å². The third kappa shape index (κ3) is 2.13. The molecule has 0 bridgehead atoms. The molecule has 0 fully saturated rings. The fourth-order valence-electron chi connectivity index (χ4n) is 2.56. The van der Waals surface area contributed by atoms with Crippen LogP contribution < -0.4 is 5.32 Å². The molecule has 3 rings (SSSR count). The first kappa shape index (κ1) is 11.7. The van der Waals surface area contributed by atoms with Crippen LogP contribution in [0.15, 0.2) is 24.4 Å². The van der Waals surface area contributed by atoms with Crippen molar-refractivity contribution >= 4 is 11.3 Å². The smallest absolute Gasteiger partial charge is 0.119 e. The number of aryl methyl sites for hydroxylation is 1. The van der Waals surface area contributed by atoms with Crippen LogP contribution in [0.2, 0.25) is 0 Å². The molecule has 0 amide bonds. The lowest BCUT2D eigenvalue weighted by Gasteiger charge is -2.13. The number of phenolic OH excluding ortho intramolecular Hbond substituents is 1. The van der Waals surface area contributed by atoms with E-state index in [1.165, 1.54) is 10.4 Å². The first-order chi connectivity index (χ1) is 8.74. The maximum absolute atomic E-state index is 9.80. The lowest BCUT2D eigenvalue weighted by Crippen LogP contribution is -2.17. The number of rotatable bonds is 3. The van der Waals surface area contributed by atoms with E-state index in [1.807, 2.05) is 19.2 Å². The SMILES string of the molecule is Cc1ncc(CNC2CCc3c(O)cccc32)s1. The molecule has 94 valence electrons. The van der Waals surface area contributed by atoms with Gasteiger partial charge in [-0.1, -0.05) is 12.1 Å². The zero-order chi connectivity index (χ0) is 12.5. The highest BCUT2D eigenvalue weighted by Gasteiger charge is 2.24. The zero-order valence-electron chi connectivity index (χ0n) is 10.3. The fraction of sp³-hybridized carbons (Fsp3) is 0.357. The Kier molecular flexibility index (Phi) is 3.06. The van der Waals surface area contributed by atoms with Crippen LogP contribution in [-0.2, 0) is 13.0 Å². The van der Waals surface area contributed by atoms with Gasteiger partial charge in [-0.25, -0.2) is 4.98 Å². The minimum atomic E-state index is 0.356. The topological polar surface area (TPSA) is 45.2 Å². The average molecular weight is 260 g/mol. The van der Waals surface area contributed by atoms with E-state index in [2.05, 4.69) is 16.4 Å². The van der Waals surface area contributed by atoms with Gasteiger partial charge in [-0.2, -0.15) is 0 Å². The maximum atomic E-state index is 9.80. The number of aromatic hydroxyl groups is 1. The summed E-state index contributed by atoms with van der Waals surface area (Å²) in [4.78, 5) is 5.52. The highest BCUT2D eigenvalue weighted by molar-refractivity contribution is 7.11. The van der Waals surface area contributed by atoms with Crippen molar-refractivity contribution in [2.24, 2.45) is 0 Å². The maximum Gasteiger partial charge on any atom is 0.119 e. The second-order valence-corrected chi connectivity index (χ2v) is 5.98. The van der Waals surface area contributed by atoms with E-state index in [0.717, 1.165) is 30.0 Å². The van der Waals surface area contributed by atoms with E-state index in [0.29, 0.717) is 11.8 Å². The van der Waals surface area contributed by atoms with Crippen molar-refractivity contribution < 1.29 is 5.11 Å². The van der Waals surface area contributed by atoms with Gasteiger partial charge in [-0.3, -0.25) is 0 Å². The van der Waals surface area contributed by atoms with Crippen LogP contribution in [0, 0.1) is 6.92 Å². The summed E-state index contributed by atoms with van der Waals surface area (Å²) in [5.41, 5.74) is 2.35. The van der Waals surface area contributed by atoms with Crippen LogP contribution in [0.5, 0.6) is 5.75 Å². The highest BCUT2D eigenvalue weighted by atomic mass is 32.1. The number of aromatic nitrogens is 1. The molecule has 0 saturated heterocycles. The Hall–Kier alpha value is -1.39. The molecule has 1 unspecified atom stereocenters. The van der Waals surface area contributed by atoms with Crippen LogP contribution in [0.1, 0.15) is 33.5 Å². The highest BCUT2D eigenvalue weighted by Crippen LogP contribution is 2.36. The lowest BCUT2D eigenvalue weighted by molar-refractivity contribution is 0.469. The van der Waals surface area contributed by atoms with Gasteiger partial charge in [0, 0.05) is 23.7 Å². The molecule has 3 nitrogen and oxygen atoms in total. The summed E-state index contributed by atoms with van der Waals surface area (Å²) in [5, 5.41) is 14.5. The summed E-state index contributed by atoms with van der Waals surface area (Å²) in [5.74, 6) is 0.436. The Bertz CT molecular complexity index is 565. The average Bonchev–Trinajstić information content (AvgIpc) is 2.94. The van der Waals surface area contributed by atoms with Gasteiger partial charge in [-0.15, -0.1) is 11.3 Å². The number of phenols is 1. The zero-order valence-corrected chi connectivity index (χ0v) is 11.1. The quantitative estimate of drug-likeness (QED) is 0.892. The number of nitrogens with zero attached hydrogens (tertiary/aromatic N) is 1. The molecule has 18 heavy (non-hydrogen) atoms. The molecule has 0 aliphatic heterocycles.